The molecule has 1 atom stereocenters. The molecule has 0 bridgehead atoms. The van der Waals surface area contributed by atoms with Crippen LogP contribution in [0.3, 0.4) is 0 Å². The summed E-state index contributed by atoms with van der Waals surface area (Å²) >= 11 is 13.5. The average molecular weight is 411 g/mol. The Balaban J connectivity index is 1.76. The first-order chi connectivity index (χ1) is 12.5. The first kappa shape index (κ1) is 18.8. The largest absolute Gasteiger partial charge is 0.461 e. The minimum Gasteiger partial charge on any atom is -0.461 e. The van der Waals surface area contributed by atoms with Crippen LogP contribution in [0.4, 0.5) is 5.69 Å². The molecular weight excluding hydrogens is 395 g/mol. The van der Waals surface area contributed by atoms with E-state index in [0.29, 0.717) is 39.0 Å². The van der Waals surface area contributed by atoms with Crippen molar-refractivity contribution >= 4 is 46.6 Å². The van der Waals surface area contributed by atoms with Gasteiger partial charge in [0.25, 0.3) is 0 Å². The van der Waals surface area contributed by atoms with Crippen LogP contribution in [0.5, 0.6) is 0 Å². The van der Waals surface area contributed by atoms with Gasteiger partial charge in [0.15, 0.2) is 16.7 Å². The molecule has 0 radical (unpaired) electrons. The second kappa shape index (κ2) is 8.16. The van der Waals surface area contributed by atoms with Gasteiger partial charge in [-0.15, -0.1) is 10.2 Å². The minimum atomic E-state index is -0.429. The van der Waals surface area contributed by atoms with Gasteiger partial charge in [-0.2, -0.15) is 0 Å². The number of furan rings is 1. The monoisotopic (exact) mass is 410 g/mol. The topological polar surface area (TPSA) is 73.0 Å². The Hall–Kier alpha value is -1.96. The molecule has 136 valence electrons. The SMILES string of the molecule is CCn1c(SC(C)C(=O)Nc2c(Cl)cccc2Cl)nnc1-c1ccco1. The van der Waals surface area contributed by atoms with Crippen LogP contribution in [0.1, 0.15) is 13.8 Å². The van der Waals surface area contributed by atoms with Crippen molar-refractivity contribution < 1.29 is 9.21 Å². The molecular formula is C17H16Cl2N4O2S. The third-order valence-electron chi connectivity index (χ3n) is 3.64. The maximum Gasteiger partial charge on any atom is 0.237 e. The highest BCUT2D eigenvalue weighted by molar-refractivity contribution is 8.00. The van der Waals surface area contributed by atoms with E-state index in [1.165, 1.54) is 11.8 Å². The van der Waals surface area contributed by atoms with Crippen LogP contribution in [0.15, 0.2) is 46.2 Å². The van der Waals surface area contributed by atoms with Gasteiger partial charge < -0.3 is 9.73 Å². The highest BCUT2D eigenvalue weighted by Gasteiger charge is 2.22. The van der Waals surface area contributed by atoms with Crippen molar-refractivity contribution in [3.05, 3.63) is 46.6 Å². The summed E-state index contributed by atoms with van der Waals surface area (Å²) in [5, 5.41) is 12.1. The summed E-state index contributed by atoms with van der Waals surface area (Å²) in [7, 11) is 0. The van der Waals surface area contributed by atoms with E-state index in [-0.39, 0.29) is 5.91 Å². The number of hydrogen-bond acceptors (Lipinski definition) is 5. The van der Waals surface area contributed by atoms with Crippen molar-refractivity contribution in [2.45, 2.75) is 30.8 Å². The number of thioether (sulfide) groups is 1. The van der Waals surface area contributed by atoms with Crippen molar-refractivity contribution in [2.75, 3.05) is 5.32 Å². The van der Waals surface area contributed by atoms with Crippen LogP contribution in [-0.2, 0) is 11.3 Å². The Morgan fingerprint density at radius 1 is 1.27 bits per heavy atom. The predicted molar refractivity (Wildman–Crippen MR) is 104 cm³/mol. The van der Waals surface area contributed by atoms with Crippen LogP contribution in [0.25, 0.3) is 11.6 Å². The molecule has 1 N–H and O–H groups in total. The van der Waals surface area contributed by atoms with Gasteiger partial charge in [-0.25, -0.2) is 0 Å². The van der Waals surface area contributed by atoms with Crippen LogP contribution in [0, 0.1) is 0 Å². The molecule has 26 heavy (non-hydrogen) atoms. The minimum absolute atomic E-state index is 0.227. The highest BCUT2D eigenvalue weighted by Crippen LogP contribution is 2.32. The number of benzene rings is 1. The lowest BCUT2D eigenvalue weighted by Gasteiger charge is -2.14. The maximum atomic E-state index is 12.5. The molecule has 2 aromatic heterocycles. The van der Waals surface area contributed by atoms with E-state index in [1.807, 2.05) is 17.6 Å². The molecule has 0 fully saturated rings. The molecule has 2 heterocycles. The summed E-state index contributed by atoms with van der Waals surface area (Å²) in [4.78, 5) is 12.5. The number of anilines is 1. The normalized spacial score (nSPS) is 12.2. The number of rotatable bonds is 6. The summed E-state index contributed by atoms with van der Waals surface area (Å²) in [6.07, 6.45) is 1.58. The van der Waals surface area contributed by atoms with Gasteiger partial charge >= 0.3 is 0 Å². The zero-order valence-corrected chi connectivity index (χ0v) is 16.4. The third kappa shape index (κ3) is 3.90. The maximum absolute atomic E-state index is 12.5. The fraction of sp³-hybridized carbons (Fsp3) is 0.235. The Morgan fingerprint density at radius 3 is 2.62 bits per heavy atom. The molecule has 1 unspecified atom stereocenters. The molecule has 0 aliphatic carbocycles. The van der Waals surface area contributed by atoms with E-state index >= 15 is 0 Å². The molecule has 1 aromatic carbocycles. The number of carbonyl (C=O) groups excluding carboxylic acids is 1. The zero-order chi connectivity index (χ0) is 18.7. The van der Waals surface area contributed by atoms with E-state index in [1.54, 1.807) is 37.5 Å². The van der Waals surface area contributed by atoms with Gasteiger partial charge in [0, 0.05) is 6.54 Å². The van der Waals surface area contributed by atoms with Gasteiger partial charge in [-0.1, -0.05) is 41.0 Å². The Morgan fingerprint density at radius 2 is 2.00 bits per heavy atom. The number of nitrogens with zero attached hydrogens (tertiary/aromatic N) is 3. The second-order valence-corrected chi connectivity index (χ2v) is 7.50. The summed E-state index contributed by atoms with van der Waals surface area (Å²) in [6, 6.07) is 8.67. The first-order valence-corrected chi connectivity index (χ1v) is 9.53. The van der Waals surface area contributed by atoms with Crippen LogP contribution >= 0.6 is 35.0 Å². The van der Waals surface area contributed by atoms with E-state index in [9.17, 15) is 4.79 Å². The third-order valence-corrected chi connectivity index (χ3v) is 5.35. The molecule has 0 aliphatic heterocycles. The molecule has 3 aromatic rings. The summed E-state index contributed by atoms with van der Waals surface area (Å²) in [5.74, 6) is 1.03. The van der Waals surface area contributed by atoms with Gasteiger partial charge in [-0.3, -0.25) is 9.36 Å². The zero-order valence-electron chi connectivity index (χ0n) is 14.1. The molecule has 6 nitrogen and oxygen atoms in total. The summed E-state index contributed by atoms with van der Waals surface area (Å²) in [5.41, 5.74) is 0.404. The van der Waals surface area contributed by atoms with Gasteiger partial charge in [0.2, 0.25) is 5.91 Å². The van der Waals surface area contributed by atoms with Crippen LogP contribution in [-0.4, -0.2) is 25.9 Å². The van der Waals surface area contributed by atoms with Gasteiger partial charge in [0.05, 0.1) is 27.2 Å². The van der Waals surface area contributed by atoms with Crippen LogP contribution in [0.2, 0.25) is 10.0 Å². The number of hydrogen-bond donors (Lipinski definition) is 1. The fourth-order valence-corrected chi connectivity index (χ4v) is 3.71. The Bertz CT molecular complexity index is 891. The average Bonchev–Trinajstić information content (AvgIpc) is 3.27. The molecule has 1 amide bonds. The number of halogens is 2. The molecule has 0 saturated carbocycles. The lowest BCUT2D eigenvalue weighted by Crippen LogP contribution is -2.23. The number of carbonyl (C=O) groups is 1. The number of para-hydroxylation sites is 1. The van der Waals surface area contributed by atoms with E-state index in [4.69, 9.17) is 27.6 Å². The van der Waals surface area contributed by atoms with E-state index in [0.717, 1.165) is 0 Å². The number of nitrogens with one attached hydrogen (secondary N) is 1. The Labute approximate surface area is 164 Å². The van der Waals surface area contributed by atoms with Crippen molar-refractivity contribution in [3.8, 4) is 11.6 Å². The smallest absolute Gasteiger partial charge is 0.237 e. The Kier molecular flexibility index (Phi) is 5.90. The first-order valence-electron chi connectivity index (χ1n) is 7.89. The summed E-state index contributed by atoms with van der Waals surface area (Å²) in [6.45, 7) is 4.41. The lowest BCUT2D eigenvalue weighted by molar-refractivity contribution is -0.115. The molecule has 0 saturated heterocycles. The van der Waals surface area contributed by atoms with E-state index < -0.39 is 5.25 Å². The number of aromatic nitrogens is 3. The predicted octanol–water partition coefficient (Wildman–Crippen LogP) is 4.98. The fourth-order valence-electron chi connectivity index (χ4n) is 2.30. The highest BCUT2D eigenvalue weighted by atomic mass is 35.5. The quantitative estimate of drug-likeness (QED) is 0.579. The molecule has 3 rings (SSSR count). The van der Waals surface area contributed by atoms with Gasteiger partial charge in [-0.05, 0) is 38.1 Å². The molecule has 0 spiro atoms. The number of amides is 1. The summed E-state index contributed by atoms with van der Waals surface area (Å²) < 4.78 is 7.29. The molecule has 9 heteroatoms. The van der Waals surface area contributed by atoms with E-state index in [2.05, 4.69) is 15.5 Å². The van der Waals surface area contributed by atoms with Crippen molar-refractivity contribution in [2.24, 2.45) is 0 Å². The standard InChI is InChI=1S/C17H16Cl2N4O2S/c1-3-23-15(13-8-5-9-25-13)21-22-17(23)26-10(2)16(24)20-14-11(18)6-4-7-12(14)19/h4-10H,3H2,1-2H3,(H,20,24). The van der Waals surface area contributed by atoms with Crippen molar-refractivity contribution in [1.82, 2.24) is 14.8 Å². The molecule has 0 aliphatic rings. The van der Waals surface area contributed by atoms with Crippen molar-refractivity contribution in [3.63, 3.8) is 0 Å². The van der Waals surface area contributed by atoms with Crippen molar-refractivity contribution in [1.29, 1.82) is 0 Å². The van der Waals surface area contributed by atoms with Gasteiger partial charge in [0.1, 0.15) is 0 Å². The van der Waals surface area contributed by atoms with Crippen LogP contribution < -0.4 is 5.32 Å². The second-order valence-electron chi connectivity index (χ2n) is 5.37. The lowest BCUT2D eigenvalue weighted by atomic mass is 10.3.